The molecule has 0 unspecified atom stereocenters. The lowest BCUT2D eigenvalue weighted by atomic mass is 9.39. The Morgan fingerprint density at radius 3 is 2.67 bits per heavy atom. The minimum Gasteiger partial charge on any atom is -0.310 e. The maximum atomic E-state index is 5.08. The van der Waals surface area contributed by atoms with Crippen molar-refractivity contribution >= 4 is 21.6 Å². The van der Waals surface area contributed by atoms with Crippen LogP contribution in [0, 0.1) is 5.92 Å². The second-order valence-electron chi connectivity index (χ2n) is 8.82. The third-order valence-corrected chi connectivity index (χ3v) is 8.16. The van der Waals surface area contributed by atoms with Crippen molar-refractivity contribution in [1.29, 1.82) is 0 Å². The van der Waals surface area contributed by atoms with Crippen molar-refractivity contribution in [2.45, 2.75) is 56.0 Å². The van der Waals surface area contributed by atoms with Gasteiger partial charge in [0.25, 0.3) is 0 Å². The van der Waals surface area contributed by atoms with Crippen LogP contribution in [-0.2, 0) is 5.41 Å². The van der Waals surface area contributed by atoms with Gasteiger partial charge in [0.2, 0.25) is 0 Å². The number of aromatic nitrogens is 1. The molecule has 6 rings (SSSR count). The zero-order valence-corrected chi connectivity index (χ0v) is 15.7. The highest BCUT2D eigenvalue weighted by Crippen LogP contribution is 2.70. The van der Waals surface area contributed by atoms with Gasteiger partial charge in [-0.1, -0.05) is 13.0 Å². The van der Waals surface area contributed by atoms with E-state index in [1.165, 1.54) is 52.9 Å². The van der Waals surface area contributed by atoms with Crippen LogP contribution in [0.3, 0.4) is 0 Å². The SMILES string of the molecule is C[C@H]1CC[C@H](c2ccc3sc(C45CC(N(C)C)(C4)C5)nc3c2)NC1. The molecule has 4 heteroatoms. The first kappa shape index (κ1) is 15.3. The molecule has 0 amide bonds. The predicted molar refractivity (Wildman–Crippen MR) is 101 cm³/mol. The van der Waals surface area contributed by atoms with Crippen LogP contribution in [0.5, 0.6) is 0 Å². The smallest absolute Gasteiger partial charge is 0.100 e. The van der Waals surface area contributed by atoms with E-state index in [-0.39, 0.29) is 0 Å². The summed E-state index contributed by atoms with van der Waals surface area (Å²) in [4.78, 5) is 7.50. The first-order valence-corrected chi connectivity index (χ1v) is 10.1. The van der Waals surface area contributed by atoms with Crippen LogP contribution in [0.4, 0.5) is 0 Å². The fourth-order valence-electron chi connectivity index (χ4n) is 5.11. The third-order valence-electron chi connectivity index (χ3n) is 6.88. The fraction of sp³-hybridized carbons (Fsp3) is 0.650. The molecule has 2 atom stereocenters. The van der Waals surface area contributed by atoms with Gasteiger partial charge in [0.1, 0.15) is 5.01 Å². The van der Waals surface area contributed by atoms with E-state index in [0.717, 1.165) is 12.5 Å². The lowest BCUT2D eigenvalue weighted by Crippen LogP contribution is -2.75. The van der Waals surface area contributed by atoms with E-state index in [0.29, 0.717) is 17.0 Å². The lowest BCUT2D eigenvalue weighted by Gasteiger charge is -2.72. The van der Waals surface area contributed by atoms with E-state index in [4.69, 9.17) is 4.98 Å². The number of nitrogens with zero attached hydrogens (tertiary/aromatic N) is 2. The molecule has 1 saturated heterocycles. The molecule has 3 saturated carbocycles. The van der Waals surface area contributed by atoms with Crippen LogP contribution in [0.25, 0.3) is 10.2 Å². The maximum Gasteiger partial charge on any atom is 0.100 e. The summed E-state index contributed by atoms with van der Waals surface area (Å²) in [6.07, 6.45) is 6.50. The molecule has 2 heterocycles. The second-order valence-corrected chi connectivity index (χ2v) is 9.85. The summed E-state index contributed by atoms with van der Waals surface area (Å²) >= 11 is 1.93. The normalized spacial score (nSPS) is 38.2. The van der Waals surface area contributed by atoms with Crippen molar-refractivity contribution in [2.75, 3.05) is 20.6 Å². The van der Waals surface area contributed by atoms with E-state index in [1.807, 2.05) is 11.3 Å². The predicted octanol–water partition coefficient (Wildman–Crippen LogP) is 4.09. The molecule has 4 fully saturated rings. The molecule has 2 bridgehead atoms. The van der Waals surface area contributed by atoms with E-state index < -0.39 is 0 Å². The number of benzene rings is 1. The molecule has 4 aliphatic rings. The van der Waals surface area contributed by atoms with E-state index >= 15 is 0 Å². The monoisotopic (exact) mass is 341 g/mol. The van der Waals surface area contributed by atoms with Gasteiger partial charge in [-0.2, -0.15) is 0 Å². The highest BCUT2D eigenvalue weighted by Gasteiger charge is 2.70. The van der Waals surface area contributed by atoms with Crippen molar-refractivity contribution < 1.29 is 0 Å². The van der Waals surface area contributed by atoms with E-state index in [9.17, 15) is 0 Å². The quantitative estimate of drug-likeness (QED) is 0.911. The van der Waals surface area contributed by atoms with Gasteiger partial charge in [-0.25, -0.2) is 4.98 Å². The molecule has 3 nitrogen and oxygen atoms in total. The van der Waals surface area contributed by atoms with Crippen LogP contribution in [0.2, 0.25) is 0 Å². The number of nitrogens with one attached hydrogen (secondary N) is 1. The van der Waals surface area contributed by atoms with Crippen molar-refractivity contribution in [2.24, 2.45) is 5.92 Å². The zero-order valence-electron chi connectivity index (χ0n) is 14.9. The van der Waals surface area contributed by atoms with Crippen LogP contribution in [0.1, 0.15) is 55.6 Å². The van der Waals surface area contributed by atoms with Crippen molar-refractivity contribution in [1.82, 2.24) is 15.2 Å². The Labute approximate surface area is 148 Å². The molecular weight excluding hydrogens is 314 g/mol. The van der Waals surface area contributed by atoms with Gasteiger partial charge in [0.15, 0.2) is 0 Å². The number of rotatable bonds is 3. The number of piperidine rings is 1. The molecule has 0 spiro atoms. The Bertz CT molecular complexity index is 766. The molecule has 3 aliphatic carbocycles. The zero-order chi connectivity index (χ0) is 16.5. The van der Waals surface area contributed by atoms with Crippen LogP contribution in [0.15, 0.2) is 18.2 Å². The molecular formula is C20H27N3S. The topological polar surface area (TPSA) is 28.2 Å². The first-order valence-electron chi connectivity index (χ1n) is 9.32. The Balaban J connectivity index is 1.40. The summed E-state index contributed by atoms with van der Waals surface area (Å²) in [5.74, 6) is 0.809. The molecule has 1 aromatic heterocycles. The highest BCUT2D eigenvalue weighted by molar-refractivity contribution is 7.18. The summed E-state index contributed by atoms with van der Waals surface area (Å²) in [5.41, 5.74) is 3.54. The molecule has 24 heavy (non-hydrogen) atoms. The third kappa shape index (κ3) is 2.06. The Morgan fingerprint density at radius 2 is 2.00 bits per heavy atom. The summed E-state index contributed by atoms with van der Waals surface area (Å²) < 4.78 is 1.36. The van der Waals surface area contributed by atoms with Crippen molar-refractivity contribution in [3.63, 3.8) is 0 Å². The maximum absolute atomic E-state index is 5.08. The Hall–Kier alpha value is -0.970. The number of fused-ring (bicyclic) bond motifs is 1. The number of hydrogen-bond acceptors (Lipinski definition) is 4. The minimum atomic E-state index is 0.409. The molecule has 1 N–H and O–H groups in total. The molecule has 1 aromatic carbocycles. The molecule has 0 radical (unpaired) electrons. The highest BCUT2D eigenvalue weighted by atomic mass is 32.1. The largest absolute Gasteiger partial charge is 0.310 e. The Morgan fingerprint density at radius 1 is 1.21 bits per heavy atom. The van der Waals surface area contributed by atoms with Crippen LogP contribution in [-0.4, -0.2) is 36.1 Å². The molecule has 128 valence electrons. The summed E-state index contributed by atoms with van der Waals surface area (Å²) in [5, 5.41) is 5.10. The minimum absolute atomic E-state index is 0.409. The van der Waals surface area contributed by atoms with Gasteiger partial charge in [-0.15, -0.1) is 11.3 Å². The first-order chi connectivity index (χ1) is 11.5. The second kappa shape index (κ2) is 5.03. The van der Waals surface area contributed by atoms with E-state index in [2.05, 4.69) is 49.4 Å². The summed E-state index contributed by atoms with van der Waals surface area (Å²) in [6.45, 7) is 3.48. The number of thiazole rings is 1. The van der Waals surface area contributed by atoms with Gasteiger partial charge < -0.3 is 10.2 Å². The van der Waals surface area contributed by atoms with Gasteiger partial charge >= 0.3 is 0 Å². The summed E-state index contributed by atoms with van der Waals surface area (Å²) in [6, 6.07) is 7.48. The van der Waals surface area contributed by atoms with E-state index in [1.54, 1.807) is 0 Å². The van der Waals surface area contributed by atoms with Crippen molar-refractivity contribution in [3.05, 3.63) is 28.8 Å². The van der Waals surface area contributed by atoms with Gasteiger partial charge in [0.05, 0.1) is 10.2 Å². The van der Waals surface area contributed by atoms with Gasteiger partial charge in [-0.3, -0.25) is 0 Å². The average Bonchev–Trinajstić information content (AvgIpc) is 2.87. The molecule has 2 aromatic rings. The van der Waals surface area contributed by atoms with Gasteiger partial charge in [0, 0.05) is 17.0 Å². The lowest BCUT2D eigenvalue weighted by molar-refractivity contribution is -0.151. The molecule has 1 aliphatic heterocycles. The fourth-order valence-corrected chi connectivity index (χ4v) is 6.24. The average molecular weight is 342 g/mol. The summed E-state index contributed by atoms with van der Waals surface area (Å²) in [7, 11) is 4.46. The number of hydrogen-bond donors (Lipinski definition) is 1. The van der Waals surface area contributed by atoms with Crippen LogP contribution >= 0.6 is 11.3 Å². The van der Waals surface area contributed by atoms with Gasteiger partial charge in [-0.05, 0) is 76.4 Å². The Kier molecular flexibility index (Phi) is 3.20. The van der Waals surface area contributed by atoms with Crippen LogP contribution < -0.4 is 5.32 Å². The van der Waals surface area contributed by atoms with Crippen molar-refractivity contribution in [3.8, 4) is 0 Å². The standard InChI is InChI=1S/C20H27N3S/c1-13-4-6-15(21-9-13)14-5-7-17-16(8-14)22-18(24-17)19-10-20(11-19,12-19)23(2)3/h5,7-8,13,15,21H,4,6,9-12H2,1-3H3/t13-,15+,19?,20?/m0/s1.